The monoisotopic (exact) mass is 578 g/mol. The van der Waals surface area contributed by atoms with E-state index >= 15 is 0 Å². The minimum Gasteiger partial charge on any atom is -0.329 e. The molecule has 40 heavy (non-hydrogen) atoms. The molecular weight excluding hydrogens is 542 g/mol. The van der Waals surface area contributed by atoms with Gasteiger partial charge in [-0.1, -0.05) is 78.9 Å². The van der Waals surface area contributed by atoms with Crippen molar-refractivity contribution in [1.29, 1.82) is 0 Å². The van der Waals surface area contributed by atoms with E-state index in [1.807, 2.05) is 62.4 Å². The fourth-order valence-corrected chi connectivity index (χ4v) is 7.66. The number of rotatable bonds is 14. The number of carbonyl (C=O) groups is 1. The maximum Gasteiger partial charge on any atom is 0.335 e. The molecule has 0 aliphatic heterocycles. The van der Waals surface area contributed by atoms with Gasteiger partial charge in [0.1, 0.15) is 0 Å². The molecule has 0 fully saturated rings. The Kier molecular flexibility index (Phi) is 10.8. The average Bonchev–Trinajstić information content (AvgIpc) is 2.97. The minimum absolute atomic E-state index is 0.0368. The fourth-order valence-electron chi connectivity index (χ4n) is 4.71. The first-order chi connectivity index (χ1) is 19.4. The zero-order chi connectivity index (χ0) is 28.5. The van der Waals surface area contributed by atoms with Gasteiger partial charge in [-0.05, 0) is 72.4 Å². The molecule has 210 valence electrons. The summed E-state index contributed by atoms with van der Waals surface area (Å²) >= 11 is 0. The average molecular weight is 579 g/mol. The fraction of sp³-hybridized carbons (Fsp3) is 0.281. The van der Waals surface area contributed by atoms with E-state index in [9.17, 15) is 9.36 Å². The molecule has 0 aliphatic rings. The van der Waals surface area contributed by atoms with E-state index < -0.39 is 16.0 Å². The Morgan fingerprint density at radius 1 is 0.675 bits per heavy atom. The third-order valence-corrected chi connectivity index (χ3v) is 9.92. The van der Waals surface area contributed by atoms with Gasteiger partial charge < -0.3 is 18.1 Å². The summed E-state index contributed by atoms with van der Waals surface area (Å²) in [7, 11) is -5.38. The number of hydrogen-bond donors (Lipinski definition) is 0. The van der Waals surface area contributed by atoms with Gasteiger partial charge in [-0.15, -0.1) is 0 Å². The van der Waals surface area contributed by atoms with Crippen LogP contribution in [0.3, 0.4) is 0 Å². The van der Waals surface area contributed by atoms with Gasteiger partial charge in [0.2, 0.25) is 13.9 Å². The van der Waals surface area contributed by atoms with Crippen molar-refractivity contribution < 1.29 is 27.5 Å². The van der Waals surface area contributed by atoms with Crippen LogP contribution in [-0.2, 0) is 28.8 Å². The van der Waals surface area contributed by atoms with Crippen molar-refractivity contribution in [3.05, 3.63) is 96.1 Å². The van der Waals surface area contributed by atoms with Gasteiger partial charge in [0.15, 0.2) is 0 Å². The van der Waals surface area contributed by atoms with Crippen LogP contribution < -0.4 is 0 Å². The third-order valence-electron chi connectivity index (χ3n) is 6.35. The van der Waals surface area contributed by atoms with Gasteiger partial charge in [0.25, 0.3) is 0 Å². The maximum absolute atomic E-state index is 14.0. The highest BCUT2D eigenvalue weighted by molar-refractivity contribution is 7.67. The second-order valence-electron chi connectivity index (χ2n) is 8.94. The van der Waals surface area contributed by atoms with E-state index in [-0.39, 0.29) is 24.9 Å². The standard InChI is InChI=1S/C32H36O6P2/c1-5-35-39(36-6-2)32(33)30-22-29(26-20-18-25(19-21-26)24-14-10-9-11-15-24)27-16-12-13-17-28(27)31(30)23-40(34,37-7-3)38-8-4/h9-22H,5-8,23H2,1-4H3. The predicted molar refractivity (Wildman–Crippen MR) is 164 cm³/mol. The van der Waals surface area contributed by atoms with Gasteiger partial charge in [-0.25, -0.2) is 0 Å². The highest BCUT2D eigenvalue weighted by Gasteiger charge is 2.32. The third kappa shape index (κ3) is 6.95. The Morgan fingerprint density at radius 3 is 1.77 bits per heavy atom. The van der Waals surface area contributed by atoms with Crippen molar-refractivity contribution in [2.45, 2.75) is 33.9 Å². The molecule has 4 aromatic rings. The van der Waals surface area contributed by atoms with E-state index in [0.717, 1.165) is 33.0 Å². The Morgan fingerprint density at radius 2 is 1.20 bits per heavy atom. The van der Waals surface area contributed by atoms with Crippen LogP contribution >= 0.6 is 16.0 Å². The lowest BCUT2D eigenvalue weighted by Crippen LogP contribution is -2.09. The van der Waals surface area contributed by atoms with E-state index in [1.54, 1.807) is 13.8 Å². The van der Waals surface area contributed by atoms with E-state index in [4.69, 9.17) is 18.1 Å². The van der Waals surface area contributed by atoms with Crippen molar-refractivity contribution in [2.75, 3.05) is 26.4 Å². The number of fused-ring (bicyclic) bond motifs is 1. The molecule has 0 N–H and O–H groups in total. The minimum atomic E-state index is -3.53. The van der Waals surface area contributed by atoms with Crippen LogP contribution in [0.4, 0.5) is 0 Å². The SMILES string of the molecule is CCOP(OCC)C(=O)c1cc(-c2ccc(-c3ccccc3)cc2)c2ccccc2c1CP(=O)(OCC)OCC. The van der Waals surface area contributed by atoms with Crippen molar-refractivity contribution in [2.24, 2.45) is 0 Å². The van der Waals surface area contributed by atoms with Crippen LogP contribution in [0.25, 0.3) is 33.0 Å². The number of hydrogen-bond acceptors (Lipinski definition) is 6. The zero-order valence-corrected chi connectivity index (χ0v) is 25.3. The van der Waals surface area contributed by atoms with E-state index in [1.165, 1.54) is 0 Å². The largest absolute Gasteiger partial charge is 0.335 e. The summed E-state index contributed by atoms with van der Waals surface area (Å²) in [4.78, 5) is 14.0. The van der Waals surface area contributed by atoms with Crippen LogP contribution in [-0.4, -0.2) is 32.0 Å². The molecule has 0 radical (unpaired) electrons. The Hall–Kier alpha value is -2.69. The van der Waals surface area contributed by atoms with Gasteiger partial charge in [0.05, 0.1) is 32.6 Å². The lowest BCUT2D eigenvalue weighted by Gasteiger charge is -2.23. The summed E-state index contributed by atoms with van der Waals surface area (Å²) in [6.45, 7) is 8.37. The van der Waals surface area contributed by atoms with Gasteiger partial charge in [0, 0.05) is 5.56 Å². The van der Waals surface area contributed by atoms with Crippen LogP contribution in [0.1, 0.15) is 43.6 Å². The highest BCUT2D eigenvalue weighted by Crippen LogP contribution is 2.54. The molecule has 0 amide bonds. The Labute approximate surface area is 238 Å². The van der Waals surface area contributed by atoms with Gasteiger partial charge >= 0.3 is 7.60 Å². The molecule has 6 nitrogen and oxygen atoms in total. The summed E-state index contributed by atoms with van der Waals surface area (Å²) in [5.74, 6) is 0. The molecule has 0 aliphatic carbocycles. The topological polar surface area (TPSA) is 71.1 Å². The number of benzene rings is 4. The number of carbonyl (C=O) groups excluding carboxylic acids is 1. The molecule has 4 rings (SSSR count). The van der Waals surface area contributed by atoms with Crippen molar-refractivity contribution in [3.8, 4) is 22.3 Å². The second kappa shape index (κ2) is 14.3. The van der Waals surface area contributed by atoms with Crippen LogP contribution in [0.2, 0.25) is 0 Å². The summed E-state index contributed by atoms with van der Waals surface area (Å²) in [6, 6.07) is 28.2. The Bertz CT molecular complexity index is 1450. The van der Waals surface area contributed by atoms with E-state index in [2.05, 4.69) is 36.4 Å². The molecule has 0 saturated carbocycles. The van der Waals surface area contributed by atoms with Crippen LogP contribution in [0, 0.1) is 0 Å². The van der Waals surface area contributed by atoms with Crippen molar-refractivity contribution in [3.63, 3.8) is 0 Å². The smallest absolute Gasteiger partial charge is 0.329 e. The lowest BCUT2D eigenvalue weighted by molar-refractivity contribution is 0.103. The van der Waals surface area contributed by atoms with Crippen molar-refractivity contribution >= 4 is 32.3 Å². The summed E-state index contributed by atoms with van der Waals surface area (Å²) in [6.07, 6.45) is -0.0368. The molecule has 0 atom stereocenters. The first-order valence-corrected chi connectivity index (χ1v) is 16.5. The Balaban J connectivity index is 1.92. The lowest BCUT2D eigenvalue weighted by atomic mass is 9.91. The van der Waals surface area contributed by atoms with Crippen LogP contribution in [0.5, 0.6) is 0 Å². The first-order valence-electron chi connectivity index (χ1n) is 13.6. The summed E-state index contributed by atoms with van der Waals surface area (Å²) in [5, 5.41) is 1.76. The molecule has 0 bridgehead atoms. The van der Waals surface area contributed by atoms with Gasteiger partial charge in [-0.2, -0.15) is 0 Å². The summed E-state index contributed by atoms with van der Waals surface area (Å²) in [5.41, 5.74) is 4.86. The normalized spacial score (nSPS) is 11.8. The van der Waals surface area contributed by atoms with Crippen LogP contribution in [0.15, 0.2) is 84.9 Å². The van der Waals surface area contributed by atoms with E-state index in [0.29, 0.717) is 24.3 Å². The molecule has 0 spiro atoms. The van der Waals surface area contributed by atoms with Crippen molar-refractivity contribution in [1.82, 2.24) is 0 Å². The molecule has 0 saturated heterocycles. The molecule has 8 heteroatoms. The molecular formula is C32H36O6P2. The quantitative estimate of drug-likeness (QED) is 0.139. The second-order valence-corrected chi connectivity index (χ2v) is 12.4. The predicted octanol–water partition coefficient (Wildman–Crippen LogP) is 9.46. The maximum atomic E-state index is 14.0. The zero-order valence-electron chi connectivity index (χ0n) is 23.5. The van der Waals surface area contributed by atoms with Gasteiger partial charge in [-0.3, -0.25) is 9.36 Å². The molecule has 0 aromatic heterocycles. The summed E-state index contributed by atoms with van der Waals surface area (Å²) < 4.78 is 36.6. The molecule has 4 aromatic carbocycles. The molecule has 0 unspecified atom stereocenters. The molecule has 0 heterocycles. The first kappa shape index (κ1) is 30.3. The highest BCUT2D eigenvalue weighted by atomic mass is 31.2.